The van der Waals surface area contributed by atoms with Crippen molar-refractivity contribution in [3.05, 3.63) is 36.4 Å². The topological polar surface area (TPSA) is 167 Å². The Morgan fingerprint density at radius 2 is 2.05 bits per heavy atom. The maximum atomic E-state index is 9.40. The molecule has 0 aliphatic rings. The number of halogens is 1. The Balaban J connectivity index is 0.000000383. The van der Waals surface area contributed by atoms with E-state index in [4.69, 9.17) is 23.4 Å². The zero-order chi connectivity index (χ0) is 15.9. The van der Waals surface area contributed by atoms with Crippen molar-refractivity contribution >= 4 is 6.21 Å². The van der Waals surface area contributed by atoms with Crippen LogP contribution in [0.2, 0.25) is 0 Å². The first-order valence-electron chi connectivity index (χ1n) is 5.22. The van der Waals surface area contributed by atoms with E-state index in [1.165, 1.54) is 18.1 Å². The summed E-state index contributed by atoms with van der Waals surface area (Å²) in [5.74, 6) is 0.525. The fourth-order valence-electron chi connectivity index (χ4n) is 1.19. The van der Waals surface area contributed by atoms with Gasteiger partial charge in [0.2, 0.25) is 6.33 Å². The van der Waals surface area contributed by atoms with Crippen molar-refractivity contribution in [2.24, 2.45) is 5.10 Å². The molecule has 21 heavy (non-hydrogen) atoms. The number of nitrogens with zero attached hydrogens (tertiary/aromatic N) is 3. The lowest BCUT2D eigenvalue weighted by Gasteiger charge is -2.17. The SMILES string of the molecule is COc1cc(/C=N/[n+]2cn[nH]c2)ccc1O.[O-][Cl+3]([O-])([O-])[O-]. The molecule has 0 bridgehead atoms. The highest BCUT2D eigenvalue weighted by atomic mass is 35.7. The number of H-pyrrole nitrogens is 1. The summed E-state index contributed by atoms with van der Waals surface area (Å²) in [7, 11) is -3.44. The van der Waals surface area contributed by atoms with E-state index in [1.807, 2.05) is 0 Å². The van der Waals surface area contributed by atoms with Gasteiger partial charge in [-0.2, -0.15) is 0 Å². The number of hydrogen-bond acceptors (Lipinski definition) is 8. The lowest BCUT2D eigenvalue weighted by Crippen LogP contribution is -2.68. The first-order valence-corrected chi connectivity index (χ1v) is 6.46. The van der Waals surface area contributed by atoms with Crippen LogP contribution >= 0.6 is 0 Å². The van der Waals surface area contributed by atoms with Crippen LogP contribution in [0.1, 0.15) is 5.56 Å². The Labute approximate surface area is 120 Å². The summed E-state index contributed by atoms with van der Waals surface area (Å²) in [4.78, 5) is 0. The second-order valence-corrected chi connectivity index (χ2v) is 4.19. The van der Waals surface area contributed by atoms with Crippen molar-refractivity contribution in [1.82, 2.24) is 10.2 Å². The van der Waals surface area contributed by atoms with Crippen molar-refractivity contribution < 1.29 is 43.4 Å². The third-order valence-corrected chi connectivity index (χ3v) is 1.98. The van der Waals surface area contributed by atoms with Crippen molar-refractivity contribution in [3.63, 3.8) is 0 Å². The highest BCUT2D eigenvalue weighted by Gasteiger charge is 2.01. The smallest absolute Gasteiger partial charge is 0.288 e. The normalized spacial score (nSPS) is 11.1. The average Bonchev–Trinajstić information content (AvgIpc) is 2.89. The standard InChI is InChI=1S/C10H10N4O2.ClHO4/c1-16-10-4-8(2-3-9(10)15)5-13-14-6-11-12-7-14;2-1(3,4)5/h2-7H,1H3,(H,13,15);(H,2,3,4,5). The largest absolute Gasteiger partial charge is 0.504 e. The van der Waals surface area contributed by atoms with Crippen molar-refractivity contribution in [3.8, 4) is 11.5 Å². The van der Waals surface area contributed by atoms with Gasteiger partial charge in [-0.25, -0.2) is 18.6 Å². The van der Waals surface area contributed by atoms with E-state index in [0.29, 0.717) is 5.75 Å². The number of hydrogen-bond donors (Lipinski definition) is 2. The predicted molar refractivity (Wildman–Crippen MR) is 56.4 cm³/mol. The number of aromatic amines is 1. The molecular formula is C10H11ClN4O6. The molecule has 0 radical (unpaired) electrons. The number of aromatic nitrogens is 3. The van der Waals surface area contributed by atoms with Crippen LogP contribution in [0.5, 0.6) is 11.5 Å². The van der Waals surface area contributed by atoms with Crippen LogP contribution in [0.15, 0.2) is 36.0 Å². The second-order valence-electron chi connectivity index (χ2n) is 3.44. The van der Waals surface area contributed by atoms with Gasteiger partial charge in [-0.15, -0.1) is 25.1 Å². The molecule has 10 nitrogen and oxygen atoms in total. The fraction of sp³-hybridized carbons (Fsp3) is 0.100. The summed E-state index contributed by atoms with van der Waals surface area (Å²) < 4.78 is 40.5. The number of nitrogens with one attached hydrogen (secondary N) is 1. The molecule has 0 atom stereocenters. The Morgan fingerprint density at radius 3 is 2.57 bits per heavy atom. The fourth-order valence-corrected chi connectivity index (χ4v) is 1.19. The quantitative estimate of drug-likeness (QED) is 0.425. The molecule has 1 aromatic carbocycles. The molecule has 0 unspecified atom stereocenters. The zero-order valence-electron chi connectivity index (χ0n) is 10.7. The van der Waals surface area contributed by atoms with Gasteiger partial charge in [-0.1, -0.05) is 0 Å². The lowest BCUT2D eigenvalue weighted by molar-refractivity contribution is -2.00. The van der Waals surface area contributed by atoms with E-state index < -0.39 is 10.2 Å². The van der Waals surface area contributed by atoms with E-state index in [0.717, 1.165) is 5.56 Å². The van der Waals surface area contributed by atoms with Crippen LogP contribution in [0.3, 0.4) is 0 Å². The zero-order valence-corrected chi connectivity index (χ0v) is 11.4. The molecule has 11 heteroatoms. The molecule has 0 fully saturated rings. The molecule has 0 saturated heterocycles. The molecular weight excluding hydrogens is 308 g/mol. The summed E-state index contributed by atoms with van der Waals surface area (Å²) in [6, 6.07) is 4.99. The first kappa shape index (κ1) is 16.8. The van der Waals surface area contributed by atoms with E-state index in [9.17, 15) is 5.11 Å². The van der Waals surface area contributed by atoms with Gasteiger partial charge >= 0.3 is 0 Å². The van der Waals surface area contributed by atoms with Crippen LogP contribution in [0, 0.1) is 10.2 Å². The molecule has 114 valence electrons. The van der Waals surface area contributed by atoms with E-state index in [1.54, 1.807) is 30.7 Å². The number of ether oxygens (including phenoxy) is 1. The third-order valence-electron chi connectivity index (χ3n) is 1.98. The van der Waals surface area contributed by atoms with Gasteiger partial charge in [0, 0.05) is 5.10 Å². The second kappa shape index (κ2) is 7.52. The molecule has 0 amide bonds. The van der Waals surface area contributed by atoms with Crippen molar-refractivity contribution in [2.75, 3.05) is 7.11 Å². The molecule has 2 N–H and O–H groups in total. The molecule has 1 aromatic heterocycles. The van der Waals surface area contributed by atoms with E-state index in [2.05, 4.69) is 15.3 Å². The summed E-state index contributed by atoms with van der Waals surface area (Å²) in [6.07, 6.45) is 4.78. The molecule has 1 heterocycles. The monoisotopic (exact) mass is 318 g/mol. The number of phenols is 1. The van der Waals surface area contributed by atoms with Gasteiger partial charge in [0.1, 0.15) is 0 Å². The molecule has 0 spiro atoms. The van der Waals surface area contributed by atoms with Gasteiger partial charge in [-0.05, 0) is 23.8 Å². The van der Waals surface area contributed by atoms with Gasteiger partial charge in [-0.3, -0.25) is 0 Å². The molecule has 0 aliphatic carbocycles. The van der Waals surface area contributed by atoms with Crippen LogP contribution < -0.4 is 28.0 Å². The van der Waals surface area contributed by atoms with Crippen LogP contribution in [-0.2, 0) is 0 Å². The van der Waals surface area contributed by atoms with Crippen LogP contribution in [0.25, 0.3) is 0 Å². The van der Waals surface area contributed by atoms with Crippen molar-refractivity contribution in [1.29, 1.82) is 0 Å². The van der Waals surface area contributed by atoms with Crippen LogP contribution in [0.4, 0.5) is 0 Å². The Hall–Kier alpha value is -2.24. The minimum atomic E-state index is -4.94. The summed E-state index contributed by atoms with van der Waals surface area (Å²) in [6.45, 7) is 0. The maximum Gasteiger partial charge on any atom is 0.288 e. The minimum Gasteiger partial charge on any atom is -0.504 e. The minimum absolute atomic E-state index is 0.107. The molecule has 0 saturated carbocycles. The summed E-state index contributed by atoms with van der Waals surface area (Å²) >= 11 is 0. The van der Waals surface area contributed by atoms with E-state index in [-0.39, 0.29) is 5.75 Å². The maximum absolute atomic E-state index is 9.40. The van der Waals surface area contributed by atoms with Gasteiger partial charge in [0.25, 0.3) is 6.33 Å². The number of rotatable bonds is 3. The predicted octanol–water partition coefficient (Wildman–Crippen LogP) is -4.46. The van der Waals surface area contributed by atoms with Gasteiger partial charge < -0.3 is 9.84 Å². The lowest BCUT2D eigenvalue weighted by atomic mass is 10.2. The third kappa shape index (κ3) is 7.20. The average molecular weight is 319 g/mol. The number of aromatic hydroxyl groups is 1. The number of phenolic OH excluding ortho intramolecular Hbond substituents is 1. The number of benzene rings is 1. The Morgan fingerprint density at radius 1 is 1.38 bits per heavy atom. The first-order chi connectivity index (χ1) is 9.79. The van der Waals surface area contributed by atoms with Gasteiger partial charge in [0.15, 0.2) is 11.5 Å². The molecule has 0 aliphatic heterocycles. The van der Waals surface area contributed by atoms with E-state index >= 15 is 0 Å². The Bertz CT molecular complexity index is 578. The highest BCUT2D eigenvalue weighted by Crippen LogP contribution is 2.25. The Kier molecular flexibility index (Phi) is 6.02. The highest BCUT2D eigenvalue weighted by molar-refractivity contribution is 5.80. The van der Waals surface area contributed by atoms with Crippen molar-refractivity contribution in [2.45, 2.75) is 0 Å². The summed E-state index contributed by atoms with van der Waals surface area (Å²) in [5.41, 5.74) is 0.823. The number of methoxy groups -OCH3 is 1. The molecule has 2 rings (SSSR count). The summed E-state index contributed by atoms with van der Waals surface area (Å²) in [5, 5.41) is 19.9. The molecule has 2 aromatic rings. The van der Waals surface area contributed by atoms with Crippen LogP contribution in [-0.4, -0.2) is 28.6 Å². The van der Waals surface area contributed by atoms with Gasteiger partial charge in [0.05, 0.1) is 13.3 Å².